The number of halogens is 1. The van der Waals surface area contributed by atoms with E-state index < -0.39 is 5.54 Å². The Labute approximate surface area is 191 Å². The molecule has 8 nitrogen and oxygen atoms in total. The Balaban J connectivity index is 1.34. The molecule has 0 atom stereocenters. The highest BCUT2D eigenvalue weighted by Crippen LogP contribution is 2.49. The zero-order chi connectivity index (χ0) is 21.9. The van der Waals surface area contributed by atoms with E-state index in [2.05, 4.69) is 15.5 Å². The summed E-state index contributed by atoms with van der Waals surface area (Å²) >= 11 is 6.60. The Morgan fingerprint density at radius 3 is 2.53 bits per heavy atom. The number of fused-ring (bicyclic) bond motifs is 4. The number of piperazine rings is 1. The number of urea groups is 1. The number of anilines is 1. The number of hydrogen-bond donors (Lipinski definition) is 2. The molecule has 9 heteroatoms. The van der Waals surface area contributed by atoms with Gasteiger partial charge >= 0.3 is 6.03 Å². The standard InChI is InChI=1S/C23H27ClN4O4/c24-16-10-14-11-17(21(29)28-8-6-27(7-9-28)15-12-31-13-15)32-20(14)18-19(16)25-22(30)26-23(18)4-2-1-3-5-23/h10-11,15H,1-9,12-13H2,(H2,25,26,30). The molecule has 2 N–H and O–H groups in total. The summed E-state index contributed by atoms with van der Waals surface area (Å²) in [5.74, 6) is 0.230. The van der Waals surface area contributed by atoms with Crippen LogP contribution in [0, 0.1) is 0 Å². The normalized spacial score (nSPS) is 23.5. The Bertz CT molecular complexity index is 1080. The molecule has 0 bridgehead atoms. The first-order valence-corrected chi connectivity index (χ1v) is 11.9. The monoisotopic (exact) mass is 458 g/mol. The molecule has 3 fully saturated rings. The van der Waals surface area contributed by atoms with Gasteiger partial charge in [-0.25, -0.2) is 4.79 Å². The first-order chi connectivity index (χ1) is 15.5. The smallest absolute Gasteiger partial charge is 0.319 e. The van der Waals surface area contributed by atoms with E-state index in [0.29, 0.717) is 41.2 Å². The van der Waals surface area contributed by atoms with Crippen LogP contribution >= 0.6 is 11.6 Å². The molecule has 2 aromatic rings. The summed E-state index contributed by atoms with van der Waals surface area (Å²) in [6, 6.07) is 3.83. The van der Waals surface area contributed by atoms with Crippen LogP contribution in [0.25, 0.3) is 11.0 Å². The molecule has 0 unspecified atom stereocenters. The third-order valence-corrected chi connectivity index (χ3v) is 7.78. The Kier molecular flexibility index (Phi) is 4.85. The molecule has 0 radical (unpaired) electrons. The van der Waals surface area contributed by atoms with E-state index >= 15 is 0 Å². The van der Waals surface area contributed by atoms with Gasteiger partial charge in [-0.2, -0.15) is 0 Å². The molecule has 3 aliphatic heterocycles. The van der Waals surface area contributed by atoms with Crippen LogP contribution in [0.2, 0.25) is 5.02 Å². The lowest BCUT2D eigenvalue weighted by atomic mass is 9.74. The van der Waals surface area contributed by atoms with Crippen LogP contribution in [-0.4, -0.2) is 67.2 Å². The Hall–Kier alpha value is -2.29. The van der Waals surface area contributed by atoms with Crippen LogP contribution in [0.3, 0.4) is 0 Å². The molecule has 1 saturated carbocycles. The quantitative estimate of drug-likeness (QED) is 0.718. The van der Waals surface area contributed by atoms with Crippen LogP contribution in [-0.2, 0) is 10.3 Å². The van der Waals surface area contributed by atoms with E-state index in [1.54, 1.807) is 12.1 Å². The fourth-order valence-corrected chi connectivity index (χ4v) is 5.93. The number of hydrogen-bond acceptors (Lipinski definition) is 5. The van der Waals surface area contributed by atoms with Gasteiger partial charge < -0.3 is 24.7 Å². The third-order valence-electron chi connectivity index (χ3n) is 7.49. The van der Waals surface area contributed by atoms with Crippen molar-refractivity contribution in [3.05, 3.63) is 28.5 Å². The van der Waals surface area contributed by atoms with Crippen LogP contribution in [0.15, 0.2) is 16.5 Å². The molecule has 4 aliphatic rings. The summed E-state index contributed by atoms with van der Waals surface area (Å²) < 4.78 is 11.5. The fourth-order valence-electron chi connectivity index (χ4n) is 5.67. The van der Waals surface area contributed by atoms with Crippen LogP contribution in [0.1, 0.15) is 48.2 Å². The van der Waals surface area contributed by atoms with Crippen molar-refractivity contribution in [2.75, 3.05) is 44.7 Å². The maximum Gasteiger partial charge on any atom is 0.319 e. The van der Waals surface area contributed by atoms with E-state index in [4.69, 9.17) is 20.8 Å². The van der Waals surface area contributed by atoms with Crippen LogP contribution < -0.4 is 10.6 Å². The van der Waals surface area contributed by atoms with E-state index in [1.165, 1.54) is 0 Å². The number of furan rings is 1. The number of rotatable bonds is 2. The molecule has 6 rings (SSSR count). The molecule has 1 aliphatic carbocycles. The highest BCUT2D eigenvalue weighted by Gasteiger charge is 2.44. The van der Waals surface area contributed by atoms with E-state index in [9.17, 15) is 9.59 Å². The zero-order valence-electron chi connectivity index (χ0n) is 17.9. The Morgan fingerprint density at radius 2 is 1.84 bits per heavy atom. The van der Waals surface area contributed by atoms with E-state index in [0.717, 1.165) is 69.4 Å². The molecule has 4 heterocycles. The van der Waals surface area contributed by atoms with Crippen molar-refractivity contribution in [2.24, 2.45) is 0 Å². The van der Waals surface area contributed by atoms with Gasteiger partial charge in [-0.15, -0.1) is 0 Å². The molecule has 1 spiro atoms. The SMILES string of the molecule is O=C1Nc2c(Cl)cc3cc(C(=O)N4CCN(C5COC5)CC4)oc3c2C2(CCCCC2)N1. The molecule has 170 valence electrons. The van der Waals surface area contributed by atoms with Gasteiger partial charge in [0.05, 0.1) is 35.5 Å². The predicted molar refractivity (Wildman–Crippen MR) is 120 cm³/mol. The molecule has 1 aromatic carbocycles. The fraction of sp³-hybridized carbons (Fsp3) is 0.565. The number of carbonyl (C=O) groups excluding carboxylic acids is 2. The van der Waals surface area contributed by atoms with Crippen molar-refractivity contribution in [3.8, 4) is 0 Å². The van der Waals surface area contributed by atoms with Crippen molar-refractivity contribution < 1.29 is 18.7 Å². The van der Waals surface area contributed by atoms with Gasteiger partial charge in [-0.05, 0) is 25.0 Å². The number of amides is 3. The lowest BCUT2D eigenvalue weighted by Gasteiger charge is -2.42. The summed E-state index contributed by atoms with van der Waals surface area (Å²) in [7, 11) is 0. The van der Waals surface area contributed by atoms with Gasteiger partial charge in [0.15, 0.2) is 5.76 Å². The van der Waals surface area contributed by atoms with Gasteiger partial charge in [0, 0.05) is 37.1 Å². The number of nitrogens with one attached hydrogen (secondary N) is 2. The summed E-state index contributed by atoms with van der Waals surface area (Å²) in [6.07, 6.45) is 4.86. The number of carbonyl (C=O) groups is 2. The molecule has 32 heavy (non-hydrogen) atoms. The summed E-state index contributed by atoms with van der Waals surface area (Å²) in [5.41, 5.74) is 1.63. The van der Waals surface area contributed by atoms with E-state index in [1.807, 2.05) is 4.90 Å². The molecule has 2 saturated heterocycles. The topological polar surface area (TPSA) is 87.1 Å². The van der Waals surface area contributed by atoms with Crippen molar-refractivity contribution in [1.82, 2.24) is 15.1 Å². The highest BCUT2D eigenvalue weighted by molar-refractivity contribution is 6.35. The maximum atomic E-state index is 13.3. The molecule has 1 aromatic heterocycles. The second-order valence-corrected chi connectivity index (χ2v) is 9.79. The largest absolute Gasteiger partial charge is 0.450 e. The average Bonchev–Trinajstić information content (AvgIpc) is 3.16. The van der Waals surface area contributed by atoms with Crippen molar-refractivity contribution in [3.63, 3.8) is 0 Å². The Morgan fingerprint density at radius 1 is 1.09 bits per heavy atom. The lowest BCUT2D eigenvalue weighted by molar-refractivity contribution is -0.0747. The zero-order valence-corrected chi connectivity index (χ0v) is 18.7. The minimum Gasteiger partial charge on any atom is -0.450 e. The van der Waals surface area contributed by atoms with Crippen molar-refractivity contribution in [2.45, 2.75) is 43.7 Å². The maximum absolute atomic E-state index is 13.3. The number of benzene rings is 1. The second-order valence-electron chi connectivity index (χ2n) is 9.38. The molecule has 3 amide bonds. The van der Waals surface area contributed by atoms with Crippen LogP contribution in [0.4, 0.5) is 10.5 Å². The van der Waals surface area contributed by atoms with Gasteiger partial charge in [0.25, 0.3) is 5.91 Å². The average molecular weight is 459 g/mol. The minimum absolute atomic E-state index is 0.0962. The molecular weight excluding hydrogens is 432 g/mol. The summed E-state index contributed by atoms with van der Waals surface area (Å²) in [6.45, 7) is 4.62. The van der Waals surface area contributed by atoms with Crippen molar-refractivity contribution >= 4 is 40.2 Å². The van der Waals surface area contributed by atoms with Gasteiger partial charge in [-0.3, -0.25) is 9.69 Å². The highest BCUT2D eigenvalue weighted by atomic mass is 35.5. The van der Waals surface area contributed by atoms with E-state index in [-0.39, 0.29) is 11.9 Å². The summed E-state index contributed by atoms with van der Waals surface area (Å²) in [4.78, 5) is 29.9. The third kappa shape index (κ3) is 3.19. The minimum atomic E-state index is -0.506. The molecular formula is C23H27ClN4O4. The number of nitrogens with zero attached hydrogens (tertiary/aromatic N) is 2. The predicted octanol–water partition coefficient (Wildman–Crippen LogP) is 3.54. The summed E-state index contributed by atoms with van der Waals surface area (Å²) in [5, 5.41) is 7.29. The van der Waals surface area contributed by atoms with Gasteiger partial charge in [-0.1, -0.05) is 30.9 Å². The second kappa shape index (κ2) is 7.64. The lowest BCUT2D eigenvalue weighted by Crippen LogP contribution is -2.57. The number of ether oxygens (including phenoxy) is 1. The first-order valence-electron chi connectivity index (χ1n) is 11.5. The van der Waals surface area contributed by atoms with Crippen LogP contribution in [0.5, 0.6) is 0 Å². The first kappa shape index (κ1) is 20.3. The van der Waals surface area contributed by atoms with Gasteiger partial charge in [0.2, 0.25) is 0 Å². The van der Waals surface area contributed by atoms with Crippen molar-refractivity contribution in [1.29, 1.82) is 0 Å². The van der Waals surface area contributed by atoms with Gasteiger partial charge in [0.1, 0.15) is 5.58 Å².